The average Bonchev–Trinajstić information content (AvgIpc) is 2.88. The van der Waals surface area contributed by atoms with E-state index in [9.17, 15) is 0 Å². The molecule has 1 heterocycles. The van der Waals surface area contributed by atoms with Crippen LogP contribution in [0.15, 0.2) is 48.5 Å². The summed E-state index contributed by atoms with van der Waals surface area (Å²) < 4.78 is 2.28. The fourth-order valence-electron chi connectivity index (χ4n) is 3.11. The molecule has 3 nitrogen and oxygen atoms in total. The minimum absolute atomic E-state index is 0.0357. The summed E-state index contributed by atoms with van der Waals surface area (Å²) in [6, 6.07) is 16.8. The van der Waals surface area contributed by atoms with E-state index < -0.39 is 0 Å². The molecule has 0 radical (unpaired) electrons. The summed E-state index contributed by atoms with van der Waals surface area (Å²) in [6.07, 6.45) is 0.942. The number of imidazole rings is 1. The summed E-state index contributed by atoms with van der Waals surface area (Å²) in [4.78, 5) is 4.83. The Morgan fingerprint density at radius 2 is 1.74 bits per heavy atom. The summed E-state index contributed by atoms with van der Waals surface area (Å²) in [5.74, 6) is 1.54. The van der Waals surface area contributed by atoms with Crippen LogP contribution in [-0.4, -0.2) is 9.55 Å². The first-order chi connectivity index (χ1) is 11.1. The Morgan fingerprint density at radius 3 is 2.48 bits per heavy atom. The van der Waals surface area contributed by atoms with E-state index in [1.807, 2.05) is 6.07 Å². The van der Waals surface area contributed by atoms with Crippen molar-refractivity contribution in [3.8, 4) is 0 Å². The van der Waals surface area contributed by atoms with Gasteiger partial charge in [-0.3, -0.25) is 0 Å². The van der Waals surface area contributed by atoms with Crippen LogP contribution < -0.4 is 5.73 Å². The lowest BCUT2D eigenvalue weighted by molar-refractivity contribution is 0.481. The van der Waals surface area contributed by atoms with Gasteiger partial charge in [-0.15, -0.1) is 0 Å². The molecule has 3 heteroatoms. The summed E-state index contributed by atoms with van der Waals surface area (Å²) >= 11 is 0. The molecule has 0 aliphatic heterocycles. The highest BCUT2D eigenvalue weighted by Gasteiger charge is 2.18. The van der Waals surface area contributed by atoms with Crippen molar-refractivity contribution in [2.24, 2.45) is 11.7 Å². The third-order valence-corrected chi connectivity index (χ3v) is 4.33. The summed E-state index contributed by atoms with van der Waals surface area (Å²) in [5, 5.41) is 0. The van der Waals surface area contributed by atoms with Gasteiger partial charge in [-0.1, -0.05) is 50.2 Å². The van der Waals surface area contributed by atoms with Crippen molar-refractivity contribution < 1.29 is 0 Å². The summed E-state index contributed by atoms with van der Waals surface area (Å²) in [7, 11) is 0. The highest BCUT2D eigenvalue weighted by molar-refractivity contribution is 5.76. The first-order valence-corrected chi connectivity index (χ1v) is 8.31. The van der Waals surface area contributed by atoms with Crippen molar-refractivity contribution in [2.75, 3.05) is 0 Å². The molecule has 1 atom stereocenters. The van der Waals surface area contributed by atoms with Crippen LogP contribution in [0.5, 0.6) is 0 Å². The number of rotatable bonds is 5. The molecular formula is C20H25N3. The van der Waals surface area contributed by atoms with E-state index in [1.165, 1.54) is 11.1 Å². The highest BCUT2D eigenvalue weighted by atomic mass is 15.1. The molecule has 0 fully saturated rings. The van der Waals surface area contributed by atoms with Crippen LogP contribution in [0, 0.1) is 12.8 Å². The quantitative estimate of drug-likeness (QED) is 0.757. The molecule has 1 aromatic heterocycles. The Balaban J connectivity index is 2.07. The van der Waals surface area contributed by atoms with Gasteiger partial charge in [0.15, 0.2) is 0 Å². The number of benzene rings is 2. The molecule has 0 amide bonds. The highest BCUT2D eigenvalue weighted by Crippen LogP contribution is 2.25. The normalized spacial score (nSPS) is 12.9. The Kier molecular flexibility index (Phi) is 4.49. The van der Waals surface area contributed by atoms with Crippen molar-refractivity contribution in [3.63, 3.8) is 0 Å². The van der Waals surface area contributed by atoms with Gasteiger partial charge < -0.3 is 10.3 Å². The Bertz CT molecular complexity index is 802. The van der Waals surface area contributed by atoms with Crippen LogP contribution in [0.1, 0.15) is 43.3 Å². The fraction of sp³-hybridized carbons (Fsp3) is 0.350. The van der Waals surface area contributed by atoms with Gasteiger partial charge in [-0.2, -0.15) is 0 Å². The van der Waals surface area contributed by atoms with Crippen molar-refractivity contribution in [1.29, 1.82) is 0 Å². The number of nitrogens with zero attached hydrogens (tertiary/aromatic N) is 2. The van der Waals surface area contributed by atoms with Gasteiger partial charge in [-0.25, -0.2) is 4.98 Å². The van der Waals surface area contributed by atoms with Crippen molar-refractivity contribution in [2.45, 2.75) is 39.8 Å². The molecule has 0 spiro atoms. The zero-order valence-electron chi connectivity index (χ0n) is 14.2. The molecule has 0 saturated carbocycles. The molecule has 0 saturated heterocycles. The maximum absolute atomic E-state index is 6.47. The predicted octanol–water partition coefficient (Wildman–Crippen LogP) is 4.44. The van der Waals surface area contributed by atoms with Gasteiger partial charge >= 0.3 is 0 Å². The van der Waals surface area contributed by atoms with Gasteiger partial charge in [-0.05, 0) is 42.5 Å². The molecule has 1 unspecified atom stereocenters. The zero-order chi connectivity index (χ0) is 16.4. The van der Waals surface area contributed by atoms with E-state index in [4.69, 9.17) is 10.7 Å². The van der Waals surface area contributed by atoms with E-state index in [-0.39, 0.29) is 6.04 Å². The minimum Gasteiger partial charge on any atom is -0.322 e. The van der Waals surface area contributed by atoms with E-state index in [2.05, 4.69) is 67.8 Å². The molecule has 120 valence electrons. The largest absolute Gasteiger partial charge is 0.322 e. The Morgan fingerprint density at radius 1 is 1.04 bits per heavy atom. The lowest BCUT2D eigenvalue weighted by Crippen LogP contribution is -2.19. The lowest BCUT2D eigenvalue weighted by atomic mass is 10.0. The molecule has 0 aliphatic rings. The number of hydrogen-bond donors (Lipinski definition) is 1. The second-order valence-corrected chi connectivity index (χ2v) is 6.71. The van der Waals surface area contributed by atoms with E-state index in [0.717, 1.165) is 29.8 Å². The monoisotopic (exact) mass is 307 g/mol. The van der Waals surface area contributed by atoms with Crippen molar-refractivity contribution in [1.82, 2.24) is 9.55 Å². The molecule has 2 N–H and O–H groups in total. The zero-order valence-corrected chi connectivity index (χ0v) is 14.2. The van der Waals surface area contributed by atoms with Gasteiger partial charge in [0, 0.05) is 6.54 Å². The molecule has 2 aromatic carbocycles. The smallest absolute Gasteiger partial charge is 0.127 e. The average molecular weight is 307 g/mol. The molecule has 0 bridgehead atoms. The van der Waals surface area contributed by atoms with Crippen LogP contribution in [-0.2, 0) is 6.54 Å². The number of aromatic nitrogens is 2. The van der Waals surface area contributed by atoms with E-state index in [0.29, 0.717) is 5.92 Å². The van der Waals surface area contributed by atoms with E-state index in [1.54, 1.807) is 0 Å². The maximum atomic E-state index is 6.47. The third kappa shape index (κ3) is 3.30. The van der Waals surface area contributed by atoms with Crippen molar-refractivity contribution in [3.05, 3.63) is 65.5 Å². The van der Waals surface area contributed by atoms with Crippen molar-refractivity contribution >= 4 is 11.0 Å². The number of fused-ring (bicyclic) bond motifs is 1. The number of aryl methyl sites for hydroxylation is 1. The van der Waals surface area contributed by atoms with Crippen LogP contribution in [0.2, 0.25) is 0 Å². The first kappa shape index (κ1) is 15.8. The lowest BCUT2D eigenvalue weighted by Gasteiger charge is -2.17. The molecule has 3 aromatic rings. The van der Waals surface area contributed by atoms with Gasteiger partial charge in [0.25, 0.3) is 0 Å². The molecule has 23 heavy (non-hydrogen) atoms. The van der Waals surface area contributed by atoms with Crippen LogP contribution >= 0.6 is 0 Å². The summed E-state index contributed by atoms with van der Waals surface area (Å²) in [5.41, 5.74) is 11.3. The van der Waals surface area contributed by atoms with Gasteiger partial charge in [0.2, 0.25) is 0 Å². The standard InChI is InChI=1S/C20H25N3/c1-14(2)12-17(21)20-22-18-10-6-7-11-19(18)23(20)13-16-9-5-4-8-15(16)3/h4-11,14,17H,12-13,21H2,1-3H3. The van der Waals surface area contributed by atoms with Crippen LogP contribution in [0.25, 0.3) is 11.0 Å². The first-order valence-electron chi connectivity index (χ1n) is 8.31. The summed E-state index contributed by atoms with van der Waals surface area (Å²) in [6.45, 7) is 7.37. The van der Waals surface area contributed by atoms with Crippen LogP contribution in [0.3, 0.4) is 0 Å². The third-order valence-electron chi connectivity index (χ3n) is 4.33. The Labute approximate surface area is 138 Å². The Hall–Kier alpha value is -2.13. The topological polar surface area (TPSA) is 43.8 Å². The van der Waals surface area contributed by atoms with E-state index >= 15 is 0 Å². The number of nitrogens with two attached hydrogens (primary N) is 1. The molecule has 3 rings (SSSR count). The molecular weight excluding hydrogens is 282 g/mol. The van der Waals surface area contributed by atoms with Gasteiger partial charge in [0.1, 0.15) is 5.82 Å². The fourth-order valence-corrected chi connectivity index (χ4v) is 3.11. The number of para-hydroxylation sites is 2. The predicted molar refractivity (Wildman–Crippen MR) is 96.4 cm³/mol. The SMILES string of the molecule is Cc1ccccc1Cn1c(C(N)CC(C)C)nc2ccccc21. The second kappa shape index (κ2) is 6.55. The molecule has 0 aliphatic carbocycles. The van der Waals surface area contributed by atoms with Crippen LogP contribution in [0.4, 0.5) is 0 Å². The van der Waals surface area contributed by atoms with Gasteiger partial charge in [0.05, 0.1) is 17.1 Å². The maximum Gasteiger partial charge on any atom is 0.127 e. The number of hydrogen-bond acceptors (Lipinski definition) is 2. The minimum atomic E-state index is -0.0357. The second-order valence-electron chi connectivity index (χ2n) is 6.71.